The van der Waals surface area contributed by atoms with Gasteiger partial charge in [-0.2, -0.15) is 4.99 Å². The van der Waals surface area contributed by atoms with E-state index >= 15 is 0 Å². The van der Waals surface area contributed by atoms with E-state index in [0.29, 0.717) is 49.3 Å². The summed E-state index contributed by atoms with van der Waals surface area (Å²) < 4.78 is 23.4. The third-order valence-electron chi connectivity index (χ3n) is 5.67. The first-order valence-electron chi connectivity index (χ1n) is 12.6. The molecule has 0 aliphatic carbocycles. The zero-order valence-corrected chi connectivity index (χ0v) is 23.1. The summed E-state index contributed by atoms with van der Waals surface area (Å²) in [5.41, 5.74) is 2.20. The fourth-order valence-corrected chi connectivity index (χ4v) is 3.99. The van der Waals surface area contributed by atoms with E-state index in [9.17, 15) is 14.0 Å². The van der Waals surface area contributed by atoms with Crippen LogP contribution < -0.4 is 10.4 Å². The number of nitrogens with zero attached hydrogens (tertiary/aromatic N) is 7. The van der Waals surface area contributed by atoms with Gasteiger partial charge in [0.25, 0.3) is 0 Å². The van der Waals surface area contributed by atoms with Crippen LogP contribution in [0.25, 0.3) is 5.65 Å². The van der Waals surface area contributed by atoms with Crippen LogP contribution in [0.1, 0.15) is 45.9 Å². The molecule has 204 valence electrons. The molecule has 1 fully saturated rings. The van der Waals surface area contributed by atoms with E-state index in [1.54, 1.807) is 28.6 Å². The second kappa shape index (κ2) is 12.0. The first kappa shape index (κ1) is 28.5. The Bertz CT molecular complexity index is 1390. The average molecular weight is 526 g/mol. The number of hydrogen-bond acceptors (Lipinski definition) is 5. The van der Waals surface area contributed by atoms with Crippen LogP contribution >= 0.6 is 0 Å². The van der Waals surface area contributed by atoms with Gasteiger partial charge in [-0.15, -0.1) is 0 Å². The van der Waals surface area contributed by atoms with Crippen LogP contribution in [-0.2, 0) is 16.6 Å². The minimum atomic E-state index is -0.528. The summed E-state index contributed by atoms with van der Waals surface area (Å²) in [5, 5.41) is 0. The van der Waals surface area contributed by atoms with Gasteiger partial charge in [-0.25, -0.2) is 19.2 Å². The first-order valence-corrected chi connectivity index (χ1v) is 12.6. The molecule has 3 aromatic rings. The molecule has 10 nitrogen and oxygen atoms in total. The largest absolute Gasteiger partial charge is 0.444 e. The molecular weight excluding hydrogens is 489 g/mol. The molecule has 0 atom stereocenters. The normalized spacial score (nSPS) is 14.8. The molecule has 4 heterocycles. The Morgan fingerprint density at radius 1 is 1.11 bits per heavy atom. The van der Waals surface area contributed by atoms with Crippen LogP contribution in [0.2, 0.25) is 0 Å². The maximum absolute atomic E-state index is 14.6. The van der Waals surface area contributed by atoms with Crippen molar-refractivity contribution in [2.75, 3.05) is 31.1 Å². The van der Waals surface area contributed by atoms with Crippen molar-refractivity contribution in [1.29, 1.82) is 0 Å². The molecule has 0 N–H and O–H groups in total. The van der Waals surface area contributed by atoms with E-state index in [2.05, 4.69) is 19.9 Å². The second-order valence-electron chi connectivity index (χ2n) is 9.67. The SMILES string of the molecule is CC.Cc1cn2cc(C(=NC=O)N=c3ccc(N4CCN(C(=O)OC(C)(C)C)CC4)cn3C)cc(F)c2n1. The van der Waals surface area contributed by atoms with Crippen LogP contribution in [0, 0.1) is 12.7 Å². The maximum Gasteiger partial charge on any atom is 0.410 e. The van der Waals surface area contributed by atoms with Crippen molar-refractivity contribution in [3.8, 4) is 0 Å². The number of fused-ring (bicyclic) bond motifs is 1. The number of carbonyl (C=O) groups is 2. The lowest BCUT2D eigenvalue weighted by atomic mass is 10.2. The molecule has 3 aromatic heterocycles. The number of aryl methyl sites for hydroxylation is 2. The van der Waals surface area contributed by atoms with Crippen molar-refractivity contribution in [2.24, 2.45) is 17.0 Å². The fraction of sp³-hybridized carbons (Fsp3) is 0.444. The third-order valence-corrected chi connectivity index (χ3v) is 5.67. The molecule has 11 heteroatoms. The van der Waals surface area contributed by atoms with Crippen LogP contribution in [0.5, 0.6) is 0 Å². The average Bonchev–Trinajstić information content (AvgIpc) is 3.26. The van der Waals surface area contributed by atoms with E-state index in [1.807, 2.05) is 64.6 Å². The van der Waals surface area contributed by atoms with Gasteiger partial charge >= 0.3 is 6.09 Å². The molecule has 38 heavy (non-hydrogen) atoms. The van der Waals surface area contributed by atoms with Crippen LogP contribution in [-0.4, -0.2) is 69.0 Å². The standard InChI is InChI=1S/C25H30FN7O3.C2H6/c1-17-13-33-14-18(12-20(26)23(33)28-17)22(27-16-34)29-21-7-6-19(15-30(21)5)31-8-10-32(11-9-31)24(35)36-25(2,3)4;1-2/h6-7,12-16H,8-11H2,1-5H3;1-2H3. The highest BCUT2D eigenvalue weighted by molar-refractivity contribution is 6.02. The molecule has 0 unspecified atom stereocenters. The van der Waals surface area contributed by atoms with Gasteiger partial charge in [-0.3, -0.25) is 4.79 Å². The van der Waals surface area contributed by atoms with E-state index in [-0.39, 0.29) is 17.6 Å². The molecule has 0 aromatic carbocycles. The zero-order valence-electron chi connectivity index (χ0n) is 23.1. The van der Waals surface area contributed by atoms with Gasteiger partial charge in [0.1, 0.15) is 11.1 Å². The summed E-state index contributed by atoms with van der Waals surface area (Å²) in [6.07, 6.45) is 5.34. The molecule has 1 saturated heterocycles. The van der Waals surface area contributed by atoms with Crippen LogP contribution in [0.4, 0.5) is 14.9 Å². The van der Waals surface area contributed by atoms with E-state index in [4.69, 9.17) is 4.74 Å². The molecule has 0 bridgehead atoms. The smallest absolute Gasteiger partial charge is 0.410 e. The molecule has 1 aliphatic heterocycles. The summed E-state index contributed by atoms with van der Waals surface area (Å²) in [7, 11) is 1.83. The van der Waals surface area contributed by atoms with Gasteiger partial charge in [0.2, 0.25) is 6.41 Å². The molecule has 4 rings (SSSR count). The highest BCUT2D eigenvalue weighted by atomic mass is 19.1. The lowest BCUT2D eigenvalue weighted by molar-refractivity contribution is -0.106. The van der Waals surface area contributed by atoms with Crippen molar-refractivity contribution in [2.45, 2.75) is 47.1 Å². The first-order chi connectivity index (χ1) is 18.0. The number of halogens is 1. The Kier molecular flexibility index (Phi) is 9.03. The van der Waals surface area contributed by atoms with E-state index < -0.39 is 11.4 Å². The van der Waals surface area contributed by atoms with E-state index in [1.165, 1.54) is 6.07 Å². The highest BCUT2D eigenvalue weighted by Crippen LogP contribution is 2.17. The third kappa shape index (κ3) is 6.84. The van der Waals surface area contributed by atoms with Crippen LogP contribution in [0.3, 0.4) is 0 Å². The lowest BCUT2D eigenvalue weighted by Crippen LogP contribution is -2.50. The number of hydrogen-bond donors (Lipinski definition) is 0. The second-order valence-corrected chi connectivity index (χ2v) is 9.67. The Morgan fingerprint density at radius 2 is 1.79 bits per heavy atom. The number of piperazine rings is 1. The monoisotopic (exact) mass is 525 g/mol. The summed E-state index contributed by atoms with van der Waals surface area (Å²) in [6.45, 7) is 13.8. The zero-order chi connectivity index (χ0) is 28.0. The number of amidine groups is 1. The molecule has 2 amide bonds. The number of ether oxygens (including phenoxy) is 1. The number of aromatic nitrogens is 3. The van der Waals surface area contributed by atoms with Crippen LogP contribution in [0.15, 0.2) is 46.8 Å². The maximum atomic E-state index is 14.6. The summed E-state index contributed by atoms with van der Waals surface area (Å²) >= 11 is 0. The number of imidazole rings is 1. The van der Waals surface area contributed by atoms with Crippen molar-refractivity contribution in [3.63, 3.8) is 0 Å². The number of aliphatic imine (C=N–C) groups is 1. The Balaban J connectivity index is 0.00000195. The van der Waals surface area contributed by atoms with Crippen molar-refractivity contribution in [1.82, 2.24) is 18.9 Å². The molecule has 0 saturated carbocycles. The summed E-state index contributed by atoms with van der Waals surface area (Å²) in [5.74, 6) is -0.439. The Labute approximate surface area is 222 Å². The van der Waals surface area contributed by atoms with Gasteiger partial charge in [0.05, 0.1) is 11.4 Å². The van der Waals surface area contributed by atoms with Gasteiger partial charge in [-0.05, 0) is 45.9 Å². The fourth-order valence-electron chi connectivity index (χ4n) is 3.99. The summed E-state index contributed by atoms with van der Waals surface area (Å²) in [6, 6.07) is 5.00. The van der Waals surface area contributed by atoms with Crippen molar-refractivity contribution >= 4 is 29.7 Å². The predicted octanol–water partition coefficient (Wildman–Crippen LogP) is 3.71. The molecule has 1 aliphatic rings. The summed E-state index contributed by atoms with van der Waals surface area (Å²) in [4.78, 5) is 40.0. The number of carbonyl (C=O) groups excluding carboxylic acids is 2. The topological polar surface area (TPSA) is 96.8 Å². The number of rotatable bonds is 3. The number of amides is 2. The van der Waals surface area contributed by atoms with Gasteiger partial charge in [0, 0.05) is 57.4 Å². The molecule has 0 radical (unpaired) electrons. The Hall–Kier alpha value is -4.02. The van der Waals surface area contributed by atoms with Gasteiger partial charge < -0.3 is 23.5 Å². The lowest BCUT2D eigenvalue weighted by Gasteiger charge is -2.36. The Morgan fingerprint density at radius 3 is 2.39 bits per heavy atom. The van der Waals surface area contributed by atoms with E-state index in [0.717, 1.165) is 5.69 Å². The number of pyridine rings is 2. The highest BCUT2D eigenvalue weighted by Gasteiger charge is 2.26. The quantitative estimate of drug-likeness (QED) is 0.295. The number of anilines is 1. The van der Waals surface area contributed by atoms with Crippen molar-refractivity contribution in [3.05, 3.63) is 59.4 Å². The molecule has 0 spiro atoms. The van der Waals surface area contributed by atoms with Gasteiger partial charge in [-0.1, -0.05) is 13.8 Å². The van der Waals surface area contributed by atoms with Gasteiger partial charge in [0.15, 0.2) is 17.3 Å². The predicted molar refractivity (Wildman–Crippen MR) is 145 cm³/mol. The minimum Gasteiger partial charge on any atom is -0.444 e. The minimum absolute atomic E-state index is 0.0893. The molecular formula is C27H36FN7O3. The van der Waals surface area contributed by atoms with Crippen molar-refractivity contribution < 1.29 is 18.7 Å².